The third-order valence-electron chi connectivity index (χ3n) is 6.94. The number of piperidine rings is 1. The Morgan fingerprint density at radius 3 is 2.06 bits per heavy atom. The van der Waals surface area contributed by atoms with Crippen molar-refractivity contribution in [1.29, 1.82) is 0 Å². The number of aliphatic carboxylic acids is 1. The molecule has 0 bridgehead atoms. The van der Waals surface area contributed by atoms with Crippen molar-refractivity contribution < 1.29 is 14.7 Å². The number of benzene rings is 1. The topological polar surface area (TPSA) is 69.6 Å². The lowest BCUT2D eigenvalue weighted by Gasteiger charge is -2.39. The first-order valence-corrected chi connectivity index (χ1v) is 12.8. The Kier molecular flexibility index (Phi) is 11.8. The highest BCUT2D eigenvalue weighted by Crippen LogP contribution is 2.24. The fourth-order valence-electron chi connectivity index (χ4n) is 4.69. The molecule has 5 heteroatoms. The number of carbonyl (C=O) groups excluding carboxylic acids is 1. The molecule has 1 unspecified atom stereocenters. The van der Waals surface area contributed by atoms with Gasteiger partial charge >= 0.3 is 5.97 Å². The van der Waals surface area contributed by atoms with E-state index in [1.54, 1.807) is 4.90 Å². The number of aryl methyl sites for hydroxylation is 2. The van der Waals surface area contributed by atoms with Crippen LogP contribution in [0.15, 0.2) is 24.3 Å². The molecule has 1 fully saturated rings. The van der Waals surface area contributed by atoms with Crippen molar-refractivity contribution in [1.82, 2.24) is 10.2 Å². The Bertz CT molecular complexity index is 666. The van der Waals surface area contributed by atoms with Gasteiger partial charge in [-0.05, 0) is 56.6 Å². The average molecular weight is 445 g/mol. The SMILES string of the molecule is CCCCCCCCCCc1ccc(CCC(C)NC2(C(=O)O)CCN(C=O)CC2)cc1. The Morgan fingerprint density at radius 2 is 1.53 bits per heavy atom. The van der Waals surface area contributed by atoms with Gasteiger partial charge in [0.15, 0.2) is 0 Å². The molecule has 1 aromatic rings. The van der Waals surface area contributed by atoms with Gasteiger partial charge in [-0.3, -0.25) is 14.9 Å². The summed E-state index contributed by atoms with van der Waals surface area (Å²) in [6.45, 7) is 5.32. The highest BCUT2D eigenvalue weighted by Gasteiger charge is 2.41. The average Bonchev–Trinajstić information content (AvgIpc) is 2.80. The maximum Gasteiger partial charge on any atom is 0.324 e. The van der Waals surface area contributed by atoms with E-state index in [4.69, 9.17) is 0 Å². The maximum atomic E-state index is 11.9. The molecule has 2 N–H and O–H groups in total. The summed E-state index contributed by atoms with van der Waals surface area (Å²) in [5.74, 6) is -0.805. The summed E-state index contributed by atoms with van der Waals surface area (Å²) in [6.07, 6.45) is 15.5. The van der Waals surface area contributed by atoms with E-state index in [1.807, 2.05) is 0 Å². The summed E-state index contributed by atoms with van der Waals surface area (Å²) in [5, 5.41) is 13.2. The molecule has 0 aliphatic carbocycles. The molecule has 32 heavy (non-hydrogen) atoms. The van der Waals surface area contributed by atoms with Crippen molar-refractivity contribution in [3.8, 4) is 0 Å². The highest BCUT2D eigenvalue weighted by atomic mass is 16.4. The van der Waals surface area contributed by atoms with Gasteiger partial charge in [0.1, 0.15) is 5.54 Å². The lowest BCUT2D eigenvalue weighted by molar-refractivity contribution is -0.148. The van der Waals surface area contributed by atoms with E-state index < -0.39 is 11.5 Å². The lowest BCUT2D eigenvalue weighted by Crippen LogP contribution is -2.60. The first kappa shape index (κ1) is 26.4. The predicted octanol–water partition coefficient (Wildman–Crippen LogP) is 5.36. The molecule has 0 aromatic heterocycles. The summed E-state index contributed by atoms with van der Waals surface area (Å²) >= 11 is 0. The number of likely N-dealkylation sites (tertiary alicyclic amines) is 1. The van der Waals surface area contributed by atoms with Gasteiger partial charge in [0.25, 0.3) is 0 Å². The molecule has 1 atom stereocenters. The number of carbonyl (C=O) groups is 2. The first-order chi connectivity index (χ1) is 15.5. The van der Waals surface area contributed by atoms with Gasteiger partial charge < -0.3 is 10.0 Å². The fraction of sp³-hybridized carbons (Fsp3) is 0.704. The van der Waals surface area contributed by atoms with Gasteiger partial charge in [-0.25, -0.2) is 0 Å². The van der Waals surface area contributed by atoms with Gasteiger partial charge in [0.2, 0.25) is 6.41 Å². The Labute approximate surface area is 195 Å². The number of nitrogens with zero attached hydrogens (tertiary/aromatic N) is 1. The monoisotopic (exact) mass is 444 g/mol. The number of rotatable bonds is 16. The molecule has 1 saturated heterocycles. The minimum Gasteiger partial charge on any atom is -0.480 e. The third-order valence-corrected chi connectivity index (χ3v) is 6.94. The quantitative estimate of drug-likeness (QED) is 0.266. The Balaban J connectivity index is 1.68. The van der Waals surface area contributed by atoms with Gasteiger partial charge in [-0.1, -0.05) is 76.1 Å². The Morgan fingerprint density at radius 1 is 1.00 bits per heavy atom. The Hall–Kier alpha value is -1.88. The summed E-state index contributed by atoms with van der Waals surface area (Å²) in [5.41, 5.74) is 1.80. The second-order valence-corrected chi connectivity index (χ2v) is 9.65. The number of unbranched alkanes of at least 4 members (excludes halogenated alkanes) is 7. The van der Waals surface area contributed by atoms with Gasteiger partial charge in [-0.15, -0.1) is 0 Å². The predicted molar refractivity (Wildman–Crippen MR) is 131 cm³/mol. The van der Waals surface area contributed by atoms with Crippen LogP contribution in [-0.2, 0) is 22.4 Å². The summed E-state index contributed by atoms with van der Waals surface area (Å²) in [6, 6.07) is 9.06. The van der Waals surface area contributed by atoms with Crippen molar-refractivity contribution in [2.45, 2.75) is 109 Å². The van der Waals surface area contributed by atoms with E-state index in [0.29, 0.717) is 25.9 Å². The van der Waals surface area contributed by atoms with Gasteiger partial charge in [0, 0.05) is 19.1 Å². The fourth-order valence-corrected chi connectivity index (χ4v) is 4.69. The first-order valence-electron chi connectivity index (χ1n) is 12.8. The largest absolute Gasteiger partial charge is 0.480 e. The molecule has 5 nitrogen and oxygen atoms in total. The lowest BCUT2D eigenvalue weighted by atomic mass is 9.86. The van der Waals surface area contributed by atoms with E-state index >= 15 is 0 Å². The van der Waals surface area contributed by atoms with Crippen molar-refractivity contribution in [2.75, 3.05) is 13.1 Å². The van der Waals surface area contributed by atoms with Crippen LogP contribution in [0.5, 0.6) is 0 Å². The molecule has 0 radical (unpaired) electrons. The second kappa shape index (κ2) is 14.3. The number of carboxylic acid groups (broad SMARTS) is 1. The van der Waals surface area contributed by atoms with Crippen LogP contribution in [0.1, 0.15) is 95.6 Å². The standard InChI is InChI=1S/C27H44N2O3/c1-3-4-5-6-7-8-9-10-11-24-14-16-25(17-15-24)13-12-23(2)28-27(26(31)32)18-20-29(22-30)21-19-27/h14-17,22-23,28H,3-13,18-21H2,1-2H3,(H,31,32). The summed E-state index contributed by atoms with van der Waals surface area (Å²) in [7, 11) is 0. The van der Waals surface area contributed by atoms with Crippen molar-refractivity contribution in [3.63, 3.8) is 0 Å². The van der Waals surface area contributed by atoms with E-state index in [2.05, 4.69) is 43.4 Å². The molecule has 1 heterocycles. The van der Waals surface area contributed by atoms with Crippen LogP contribution in [0.3, 0.4) is 0 Å². The second-order valence-electron chi connectivity index (χ2n) is 9.65. The molecule has 1 aliphatic heterocycles. The van der Waals surface area contributed by atoms with E-state index in [1.165, 1.54) is 62.5 Å². The highest BCUT2D eigenvalue weighted by molar-refractivity contribution is 5.79. The summed E-state index contributed by atoms with van der Waals surface area (Å²) < 4.78 is 0. The molecule has 0 saturated carbocycles. The van der Waals surface area contributed by atoms with Gasteiger partial charge in [0.05, 0.1) is 0 Å². The van der Waals surface area contributed by atoms with Crippen LogP contribution >= 0.6 is 0 Å². The molecule has 2 rings (SSSR count). The van der Waals surface area contributed by atoms with Crippen LogP contribution in [0, 0.1) is 0 Å². The number of hydrogen-bond donors (Lipinski definition) is 2. The zero-order chi connectivity index (χ0) is 23.2. The molecule has 1 aliphatic rings. The smallest absolute Gasteiger partial charge is 0.324 e. The zero-order valence-corrected chi connectivity index (χ0v) is 20.3. The normalized spacial score (nSPS) is 16.6. The van der Waals surface area contributed by atoms with Crippen molar-refractivity contribution >= 4 is 12.4 Å². The molecular weight excluding hydrogens is 400 g/mol. The van der Waals surface area contributed by atoms with Crippen LogP contribution in [0.2, 0.25) is 0 Å². The third kappa shape index (κ3) is 8.93. The zero-order valence-electron chi connectivity index (χ0n) is 20.3. The van der Waals surface area contributed by atoms with Crippen molar-refractivity contribution in [2.24, 2.45) is 0 Å². The van der Waals surface area contributed by atoms with Crippen LogP contribution in [0.4, 0.5) is 0 Å². The summed E-state index contributed by atoms with van der Waals surface area (Å²) in [4.78, 5) is 24.5. The molecular formula is C27H44N2O3. The van der Waals surface area contributed by atoms with Crippen LogP contribution in [0.25, 0.3) is 0 Å². The van der Waals surface area contributed by atoms with Gasteiger partial charge in [-0.2, -0.15) is 0 Å². The minimum absolute atomic E-state index is 0.103. The number of amides is 1. The van der Waals surface area contributed by atoms with E-state index in [0.717, 1.165) is 25.7 Å². The molecule has 1 aromatic carbocycles. The maximum absolute atomic E-state index is 11.9. The molecule has 0 spiro atoms. The number of carboxylic acids is 1. The molecule has 180 valence electrons. The number of hydrogen-bond acceptors (Lipinski definition) is 3. The van der Waals surface area contributed by atoms with Crippen LogP contribution < -0.4 is 5.32 Å². The van der Waals surface area contributed by atoms with E-state index in [-0.39, 0.29) is 6.04 Å². The molecule has 1 amide bonds. The van der Waals surface area contributed by atoms with Crippen molar-refractivity contribution in [3.05, 3.63) is 35.4 Å². The number of nitrogens with one attached hydrogen (secondary N) is 1. The van der Waals surface area contributed by atoms with Crippen LogP contribution in [-0.4, -0.2) is 47.1 Å². The minimum atomic E-state index is -0.918. The van der Waals surface area contributed by atoms with E-state index in [9.17, 15) is 14.7 Å².